The number of benzene rings is 1. The number of hydrogen-bond acceptors (Lipinski definition) is 5. The van der Waals surface area contributed by atoms with Crippen LogP contribution in [0.25, 0.3) is 0 Å². The van der Waals surface area contributed by atoms with Gasteiger partial charge in [0, 0.05) is 24.7 Å². The Hall–Kier alpha value is -2.76. The smallest absolute Gasteiger partial charge is 0.267 e. The van der Waals surface area contributed by atoms with E-state index in [9.17, 15) is 4.79 Å². The quantitative estimate of drug-likeness (QED) is 0.848. The molecule has 3 heterocycles. The Morgan fingerprint density at radius 1 is 1.15 bits per heavy atom. The number of para-hydroxylation sites is 2. The molecule has 1 saturated heterocycles. The Morgan fingerprint density at radius 2 is 1.92 bits per heavy atom. The lowest BCUT2D eigenvalue weighted by Gasteiger charge is -2.33. The molecule has 1 fully saturated rings. The molecule has 0 radical (unpaired) electrons. The summed E-state index contributed by atoms with van der Waals surface area (Å²) in [6.07, 6.45) is -0.253. The average Bonchev–Trinajstić information content (AvgIpc) is 3.09. The molecule has 136 valence electrons. The first-order chi connectivity index (χ1) is 12.6. The number of aryl methyl sites for hydroxylation is 1. The normalized spacial score (nSPS) is 24.4. The number of likely N-dealkylation sites (tertiary alicyclic amines) is 1. The Morgan fingerprint density at radius 3 is 2.69 bits per heavy atom. The van der Waals surface area contributed by atoms with E-state index in [0.29, 0.717) is 30.5 Å². The number of pyridine rings is 1. The first-order valence-electron chi connectivity index (χ1n) is 8.91. The largest absolute Gasteiger partial charge is 0.482 e. The third-order valence-corrected chi connectivity index (χ3v) is 4.69. The number of nitrogens with zero attached hydrogens (tertiary/aromatic N) is 2. The molecule has 2 aliphatic rings. The van der Waals surface area contributed by atoms with Crippen LogP contribution in [0.3, 0.4) is 0 Å². The fraction of sp³-hybridized carbons (Fsp3) is 0.400. The van der Waals surface area contributed by atoms with Crippen molar-refractivity contribution in [2.45, 2.75) is 38.6 Å². The van der Waals surface area contributed by atoms with Crippen LogP contribution in [0.1, 0.15) is 19.0 Å². The molecule has 3 atom stereocenters. The van der Waals surface area contributed by atoms with Gasteiger partial charge in [-0.15, -0.1) is 0 Å². The minimum atomic E-state index is -0.638. The number of fused-ring (bicyclic) bond motifs is 1. The maximum Gasteiger partial charge on any atom is 0.267 e. The highest BCUT2D eigenvalue weighted by molar-refractivity contribution is 5.82. The maximum atomic E-state index is 12.9. The first-order valence-corrected chi connectivity index (χ1v) is 8.91. The highest BCUT2D eigenvalue weighted by Gasteiger charge is 2.39. The Labute approximate surface area is 152 Å². The summed E-state index contributed by atoms with van der Waals surface area (Å²) in [6, 6.07) is 13.1. The summed E-state index contributed by atoms with van der Waals surface area (Å²) < 4.78 is 17.7. The summed E-state index contributed by atoms with van der Waals surface area (Å²) in [4.78, 5) is 19.1. The van der Waals surface area contributed by atoms with E-state index in [4.69, 9.17) is 14.2 Å². The van der Waals surface area contributed by atoms with Crippen molar-refractivity contribution in [3.05, 3.63) is 48.2 Å². The van der Waals surface area contributed by atoms with Crippen molar-refractivity contribution in [2.24, 2.45) is 0 Å². The molecule has 6 nitrogen and oxygen atoms in total. The lowest BCUT2D eigenvalue weighted by molar-refractivity contribution is -0.143. The zero-order valence-electron chi connectivity index (χ0n) is 14.9. The maximum absolute atomic E-state index is 12.9. The summed E-state index contributed by atoms with van der Waals surface area (Å²) in [6.45, 7) is 4.96. The van der Waals surface area contributed by atoms with Gasteiger partial charge in [-0.2, -0.15) is 0 Å². The van der Waals surface area contributed by atoms with Gasteiger partial charge in [0.1, 0.15) is 12.2 Å². The van der Waals surface area contributed by atoms with Crippen molar-refractivity contribution in [2.75, 3.05) is 13.1 Å². The van der Waals surface area contributed by atoms with Crippen LogP contribution in [-0.2, 0) is 4.79 Å². The summed E-state index contributed by atoms with van der Waals surface area (Å²) in [7, 11) is 0. The van der Waals surface area contributed by atoms with Gasteiger partial charge in [-0.05, 0) is 32.0 Å². The van der Waals surface area contributed by atoms with Crippen LogP contribution >= 0.6 is 0 Å². The van der Waals surface area contributed by atoms with E-state index in [0.717, 1.165) is 12.1 Å². The topological polar surface area (TPSA) is 60.9 Å². The van der Waals surface area contributed by atoms with Crippen LogP contribution < -0.4 is 14.2 Å². The molecule has 1 aromatic heterocycles. The van der Waals surface area contributed by atoms with E-state index in [1.165, 1.54) is 0 Å². The standard InChI is InChI=1S/C20H22N2O4/c1-13-6-5-9-18(21-13)25-15-10-11-22(12-15)20(23)19-14(2)24-16-7-3-4-8-17(16)26-19/h3-9,14-15,19H,10-12H2,1-2H3. The summed E-state index contributed by atoms with van der Waals surface area (Å²) in [5.41, 5.74) is 0.911. The van der Waals surface area contributed by atoms with Gasteiger partial charge in [0.2, 0.25) is 12.0 Å². The van der Waals surface area contributed by atoms with Crippen molar-refractivity contribution in [1.82, 2.24) is 9.88 Å². The van der Waals surface area contributed by atoms with Crippen molar-refractivity contribution in [3.63, 3.8) is 0 Å². The van der Waals surface area contributed by atoms with Crippen molar-refractivity contribution < 1.29 is 19.0 Å². The van der Waals surface area contributed by atoms with E-state index in [-0.39, 0.29) is 18.1 Å². The van der Waals surface area contributed by atoms with Crippen LogP contribution in [-0.4, -0.2) is 47.2 Å². The SMILES string of the molecule is Cc1cccc(OC2CCN(C(=O)C3Oc4ccccc4OC3C)C2)n1. The molecule has 1 amide bonds. The lowest BCUT2D eigenvalue weighted by Crippen LogP contribution is -2.50. The molecule has 0 N–H and O–H groups in total. The van der Waals surface area contributed by atoms with E-state index >= 15 is 0 Å². The fourth-order valence-electron chi connectivity index (χ4n) is 3.35. The zero-order valence-corrected chi connectivity index (χ0v) is 14.9. The predicted molar refractivity (Wildman–Crippen MR) is 95.5 cm³/mol. The van der Waals surface area contributed by atoms with Crippen LogP contribution in [0.5, 0.6) is 17.4 Å². The number of rotatable bonds is 3. The van der Waals surface area contributed by atoms with Crippen molar-refractivity contribution in [3.8, 4) is 17.4 Å². The molecule has 3 unspecified atom stereocenters. The number of amides is 1. The fourth-order valence-corrected chi connectivity index (χ4v) is 3.35. The van der Waals surface area contributed by atoms with E-state index in [1.807, 2.05) is 56.3 Å². The molecule has 1 aromatic carbocycles. The van der Waals surface area contributed by atoms with Gasteiger partial charge in [-0.25, -0.2) is 4.98 Å². The van der Waals surface area contributed by atoms with Crippen molar-refractivity contribution in [1.29, 1.82) is 0 Å². The predicted octanol–water partition coefficient (Wildman–Crippen LogP) is 2.60. The second kappa shape index (κ2) is 6.86. The van der Waals surface area contributed by atoms with Gasteiger partial charge in [0.15, 0.2) is 11.5 Å². The Kier molecular flexibility index (Phi) is 4.41. The highest BCUT2D eigenvalue weighted by atomic mass is 16.6. The van der Waals surface area contributed by atoms with E-state index in [1.54, 1.807) is 4.90 Å². The lowest BCUT2D eigenvalue weighted by atomic mass is 10.1. The molecule has 4 rings (SSSR count). The molecular formula is C20H22N2O4. The Bertz CT molecular complexity index is 810. The molecule has 0 spiro atoms. The van der Waals surface area contributed by atoms with Crippen LogP contribution in [0.15, 0.2) is 42.5 Å². The molecule has 0 aliphatic carbocycles. The van der Waals surface area contributed by atoms with Crippen LogP contribution in [0.4, 0.5) is 0 Å². The molecule has 0 bridgehead atoms. The van der Waals surface area contributed by atoms with Gasteiger partial charge >= 0.3 is 0 Å². The molecule has 2 aromatic rings. The van der Waals surface area contributed by atoms with Gasteiger partial charge in [0.05, 0.1) is 6.54 Å². The van der Waals surface area contributed by atoms with Crippen molar-refractivity contribution >= 4 is 5.91 Å². The third kappa shape index (κ3) is 3.31. The minimum Gasteiger partial charge on any atom is -0.482 e. The molecule has 0 saturated carbocycles. The summed E-state index contributed by atoms with van der Waals surface area (Å²) in [5.74, 6) is 1.83. The van der Waals surface area contributed by atoms with Gasteiger partial charge < -0.3 is 19.1 Å². The third-order valence-electron chi connectivity index (χ3n) is 4.69. The van der Waals surface area contributed by atoms with Gasteiger partial charge in [-0.3, -0.25) is 4.79 Å². The molecule has 26 heavy (non-hydrogen) atoms. The summed E-state index contributed by atoms with van der Waals surface area (Å²) in [5, 5.41) is 0. The second-order valence-electron chi connectivity index (χ2n) is 6.74. The Balaban J connectivity index is 1.40. The molecular weight excluding hydrogens is 332 g/mol. The molecule has 2 aliphatic heterocycles. The number of aromatic nitrogens is 1. The number of carbonyl (C=O) groups is 1. The van der Waals surface area contributed by atoms with Crippen LogP contribution in [0.2, 0.25) is 0 Å². The zero-order chi connectivity index (χ0) is 18.1. The number of hydrogen-bond donors (Lipinski definition) is 0. The minimum absolute atomic E-state index is 0.0552. The monoisotopic (exact) mass is 354 g/mol. The highest BCUT2D eigenvalue weighted by Crippen LogP contribution is 2.34. The first kappa shape index (κ1) is 16.7. The van der Waals surface area contributed by atoms with E-state index < -0.39 is 6.10 Å². The van der Waals surface area contributed by atoms with Gasteiger partial charge in [0.25, 0.3) is 5.91 Å². The summed E-state index contributed by atoms with van der Waals surface area (Å²) >= 11 is 0. The average molecular weight is 354 g/mol. The van der Waals surface area contributed by atoms with Crippen LogP contribution in [0, 0.1) is 6.92 Å². The second-order valence-corrected chi connectivity index (χ2v) is 6.74. The van der Waals surface area contributed by atoms with Gasteiger partial charge in [-0.1, -0.05) is 18.2 Å². The number of carbonyl (C=O) groups excluding carboxylic acids is 1. The number of ether oxygens (including phenoxy) is 3. The molecule has 6 heteroatoms. The van der Waals surface area contributed by atoms with E-state index in [2.05, 4.69) is 4.98 Å².